The van der Waals surface area contributed by atoms with Crippen LogP contribution >= 0.6 is 21.6 Å². The van der Waals surface area contributed by atoms with E-state index in [4.69, 9.17) is 39.1 Å². The SMILES string of the molecule is CC(=O)NCCCC[C@H](NC(=O)[C@](C)(CCCCN)NC(=O)[C@H](Cc1ccc2ccccc2c1)NC(=O)[C@H](Cc1ccc(OCCN)cc1)NC(=O)[C@H]1NC(=O)[C@H](CCCNC(N)=O)NC(=O)[C@H](Cc2c[nH]c3c(C)cccc23)NC(=O)[C@H]([C@@H](C)O)NC(=O)[C@H](CC(N)=O)NC(=O)[C@@H](NC(C)=O)C(C)(C)SSC1(C)C)C(=O)N[C@@H](CC(N)=O)C(=O)NC(CO)C(N)=O. The third kappa shape index (κ3) is 32.3. The number of fused-ring (bicyclic) bond motifs is 2. The first-order valence-corrected chi connectivity index (χ1v) is 43.6. The number of aromatic amines is 1. The molecular formula is C84H121N21O20S2. The number of unbranched alkanes of at least 4 members (excludes halogenated alkanes) is 2. The summed E-state index contributed by atoms with van der Waals surface area (Å²) in [7, 11) is 1.76. The largest absolute Gasteiger partial charge is 0.492 e. The molecule has 5 aromatic rings. The van der Waals surface area contributed by atoms with Crippen LogP contribution in [0.1, 0.15) is 142 Å². The summed E-state index contributed by atoms with van der Waals surface area (Å²) in [6, 6.07) is 3.69. The first kappa shape index (κ1) is 104. The molecule has 0 saturated carbocycles. The molecule has 1 fully saturated rings. The average molecular weight is 1810 g/mol. The van der Waals surface area contributed by atoms with Gasteiger partial charge in [-0.05, 0) is 152 Å². The number of hydrogen-bond donors (Lipinski definition) is 23. The quantitative estimate of drug-likeness (QED) is 0.0134. The molecule has 4 aromatic carbocycles. The van der Waals surface area contributed by atoms with Crippen LogP contribution in [0.25, 0.3) is 21.7 Å². The summed E-state index contributed by atoms with van der Waals surface area (Å²) >= 11 is 0. The molecule has 18 amide bonds. The molecule has 1 aromatic heterocycles. The van der Waals surface area contributed by atoms with Crippen molar-refractivity contribution >= 4 is 144 Å². The van der Waals surface area contributed by atoms with E-state index in [-0.39, 0.29) is 103 Å². The molecule has 1 aliphatic rings. The van der Waals surface area contributed by atoms with Gasteiger partial charge in [0.25, 0.3) is 0 Å². The summed E-state index contributed by atoms with van der Waals surface area (Å²) in [4.78, 5) is 245. The van der Waals surface area contributed by atoms with Crippen LogP contribution in [0, 0.1) is 6.92 Å². The standard InChI is InChI=1S/C84H121N21O20S2/c1-44-18-16-21-54-52(42-93-65(44)54)39-59-73(116)95-55(23-17-34-92-81(90)124)71(114)104-68(83(7,8)127-126-82(5,6)67(94-47(4)109)78(121)100-61(41-64(88)111)75(118)103-66(45(2)107)77(120)98-59)79(122)99-57(37-48-25-28-53(29-26-48)125-35-32-86)72(115)96-58(38-49-24-27-50-19-10-11-20-51(50)36-49)76(119)105-84(9,30-13-14-31-85)80(123)102-56(22-12-15-33-91-46(3)108)70(113)97-60(40-63(87)110)74(117)101-62(43-106)69(89)112/h10-11,16,18-21,24-29,36,42,45,55-62,66-68,93,106-107H,12-15,17,22-23,30-35,37-41,43,85-86H2,1-9H3,(H2,87,110)(H2,88,111)(H2,89,112)(H,91,108)(H,94,109)(H,95,116)(H,96,115)(H,97,113)(H,98,120)(H,99,122)(H,100,121)(H,101,117)(H,102,123)(H,103,118)(H,104,114)(H,105,119)(H3,90,92,124)/t45-,55+,56+,57+,58+,59+,60+,61+,62?,66+,67-,68-,84+/m1/s1. The van der Waals surface area contributed by atoms with Gasteiger partial charge in [-0.15, -0.1) is 0 Å². The first-order chi connectivity index (χ1) is 59.9. The van der Waals surface area contributed by atoms with Crippen molar-refractivity contribution in [3.05, 3.63) is 113 Å². The summed E-state index contributed by atoms with van der Waals surface area (Å²) in [5.41, 5.74) is 34.4. The van der Waals surface area contributed by atoms with Crippen LogP contribution in [0.5, 0.6) is 5.75 Å². The number of urea groups is 1. The molecule has 0 spiro atoms. The average Bonchev–Trinajstić information content (AvgIpc) is 1.62. The first-order valence-electron chi connectivity index (χ1n) is 41.5. The van der Waals surface area contributed by atoms with E-state index in [0.717, 1.165) is 46.4 Å². The maximum Gasteiger partial charge on any atom is 0.312 e. The monoisotopic (exact) mass is 1810 g/mol. The number of rotatable bonds is 42. The Morgan fingerprint density at radius 2 is 1.18 bits per heavy atom. The highest BCUT2D eigenvalue weighted by Crippen LogP contribution is 2.47. The fraction of sp³-hybridized carbons (Fsp3) is 0.512. The fourth-order valence-electron chi connectivity index (χ4n) is 13.9. The number of benzene rings is 4. The Balaban J connectivity index is 1.54. The zero-order chi connectivity index (χ0) is 94.2. The van der Waals surface area contributed by atoms with E-state index in [1.54, 1.807) is 72.9 Å². The highest BCUT2D eigenvalue weighted by Gasteiger charge is 2.47. The van der Waals surface area contributed by atoms with Crippen LogP contribution in [0.15, 0.2) is 91.1 Å². The molecular weight excluding hydrogens is 1690 g/mol. The van der Waals surface area contributed by atoms with Crippen molar-refractivity contribution < 1.29 is 96.5 Å². The number of hydrogen-bond acceptors (Lipinski definition) is 24. The van der Waals surface area contributed by atoms with Crippen LogP contribution in [-0.4, -0.2) is 243 Å². The van der Waals surface area contributed by atoms with Crippen LogP contribution in [0.3, 0.4) is 0 Å². The zero-order valence-corrected chi connectivity index (χ0v) is 74.2. The lowest BCUT2D eigenvalue weighted by Gasteiger charge is -2.39. The number of ether oxygens (including phenoxy) is 1. The number of aliphatic hydroxyl groups excluding tert-OH is 2. The molecule has 43 heteroatoms. The second-order valence-corrected chi connectivity index (χ2v) is 35.9. The minimum atomic E-state index is -2.05. The molecule has 0 bridgehead atoms. The normalized spacial score (nSPS) is 19.4. The van der Waals surface area contributed by atoms with Crippen molar-refractivity contribution in [1.82, 2.24) is 79.4 Å². The van der Waals surface area contributed by atoms with Crippen molar-refractivity contribution in [1.29, 1.82) is 0 Å². The number of aliphatic hydroxyl groups is 2. The summed E-state index contributed by atoms with van der Waals surface area (Å²) in [6.45, 7) is 12.0. The zero-order valence-electron chi connectivity index (χ0n) is 72.5. The second kappa shape index (κ2) is 49.1. The third-order valence-electron chi connectivity index (χ3n) is 20.9. The van der Waals surface area contributed by atoms with E-state index < -0.39 is 208 Å². The van der Waals surface area contributed by atoms with Gasteiger partial charge in [0.15, 0.2) is 0 Å². The number of aromatic nitrogens is 1. The van der Waals surface area contributed by atoms with Gasteiger partial charge in [-0.1, -0.05) is 94.4 Å². The van der Waals surface area contributed by atoms with Crippen molar-refractivity contribution in [2.75, 3.05) is 39.4 Å². The molecule has 694 valence electrons. The molecule has 29 N–H and O–H groups in total. The van der Waals surface area contributed by atoms with Gasteiger partial charge < -0.3 is 129 Å². The van der Waals surface area contributed by atoms with Crippen molar-refractivity contribution in [3.8, 4) is 5.75 Å². The molecule has 13 atom stereocenters. The summed E-state index contributed by atoms with van der Waals surface area (Å²) in [5.74, 6) is -16.2. The number of primary amides is 4. The van der Waals surface area contributed by atoms with E-state index in [2.05, 4.69) is 79.4 Å². The van der Waals surface area contributed by atoms with Gasteiger partial charge >= 0.3 is 6.03 Å². The molecule has 0 radical (unpaired) electrons. The Morgan fingerprint density at radius 3 is 1.81 bits per heavy atom. The Bertz CT molecular complexity index is 4760. The smallest absolute Gasteiger partial charge is 0.312 e. The molecule has 127 heavy (non-hydrogen) atoms. The van der Waals surface area contributed by atoms with Crippen molar-refractivity contribution in [3.63, 3.8) is 0 Å². The molecule has 1 saturated heterocycles. The molecule has 6 rings (SSSR count). The highest BCUT2D eigenvalue weighted by atomic mass is 33.1. The van der Waals surface area contributed by atoms with Crippen molar-refractivity contribution in [2.24, 2.45) is 34.4 Å². The Morgan fingerprint density at radius 1 is 0.583 bits per heavy atom. The maximum atomic E-state index is 16.3. The molecule has 0 aliphatic carbocycles. The number of H-pyrrole nitrogens is 1. The van der Waals surface area contributed by atoms with Gasteiger partial charge in [0.2, 0.25) is 94.5 Å². The van der Waals surface area contributed by atoms with E-state index in [1.807, 2.05) is 25.1 Å². The van der Waals surface area contributed by atoms with Gasteiger partial charge in [-0.2, -0.15) is 0 Å². The highest BCUT2D eigenvalue weighted by molar-refractivity contribution is 8.77. The number of nitrogens with one attached hydrogen (secondary N) is 15. The number of nitrogens with two attached hydrogens (primary N) is 6. The topological polar surface area (TPSA) is 680 Å². The number of amides is 18. The lowest BCUT2D eigenvalue weighted by molar-refractivity contribution is -0.138. The molecule has 41 nitrogen and oxygen atoms in total. The predicted octanol–water partition coefficient (Wildman–Crippen LogP) is -3.33. The van der Waals surface area contributed by atoms with Crippen LogP contribution in [0.2, 0.25) is 0 Å². The lowest BCUT2D eigenvalue weighted by Crippen LogP contribution is -2.65. The predicted molar refractivity (Wildman–Crippen MR) is 474 cm³/mol. The van der Waals surface area contributed by atoms with Gasteiger partial charge in [-0.25, -0.2) is 4.79 Å². The van der Waals surface area contributed by atoms with Gasteiger partial charge in [0, 0.05) is 79.3 Å². The number of para-hydroxylation sites is 1. The van der Waals surface area contributed by atoms with Crippen LogP contribution < -0.4 is 114 Å². The minimum Gasteiger partial charge on any atom is -0.492 e. The molecule has 2 heterocycles. The minimum absolute atomic E-state index is 0.102. The van der Waals surface area contributed by atoms with Gasteiger partial charge in [0.05, 0.1) is 25.6 Å². The molecule has 1 unspecified atom stereocenters. The lowest BCUT2D eigenvalue weighted by atomic mass is 9.91. The van der Waals surface area contributed by atoms with E-state index in [0.29, 0.717) is 38.7 Å². The maximum absolute atomic E-state index is 16.3. The van der Waals surface area contributed by atoms with E-state index in [9.17, 15) is 63.0 Å². The summed E-state index contributed by atoms with van der Waals surface area (Å²) in [5, 5.41) is 59.5. The summed E-state index contributed by atoms with van der Waals surface area (Å²) < 4.78 is 2.50. The number of carbonyl (C=O) groups excluding carboxylic acids is 17. The second-order valence-electron chi connectivity index (χ2n) is 32.4. The van der Waals surface area contributed by atoms with E-state index in [1.165, 1.54) is 41.5 Å². The summed E-state index contributed by atoms with van der Waals surface area (Å²) in [6.07, 6.45) is -3.11. The third-order valence-corrected chi connectivity index (χ3v) is 25.1. The van der Waals surface area contributed by atoms with E-state index >= 15 is 28.8 Å². The van der Waals surface area contributed by atoms with Crippen LogP contribution in [0.4, 0.5) is 4.79 Å². The Labute approximate surface area is 742 Å². The fourth-order valence-corrected chi connectivity index (χ4v) is 16.7. The van der Waals surface area contributed by atoms with Gasteiger partial charge in [0.1, 0.15) is 84.4 Å². The Hall–Kier alpha value is -12.2. The molecule has 1 aliphatic heterocycles. The Kier molecular flexibility index (Phi) is 40.0. The van der Waals surface area contributed by atoms with Crippen LogP contribution in [-0.2, 0) is 96.0 Å². The van der Waals surface area contributed by atoms with Crippen molar-refractivity contribution in [2.45, 2.75) is 233 Å². The number of aryl methyl sites for hydroxylation is 1. The number of carbonyl (C=O) groups is 17. The van der Waals surface area contributed by atoms with Gasteiger partial charge in [-0.3, -0.25) is 76.7 Å².